The van der Waals surface area contributed by atoms with Crippen LogP contribution in [0.4, 0.5) is 8.78 Å². The van der Waals surface area contributed by atoms with E-state index >= 15 is 0 Å². The third kappa shape index (κ3) is 3.87. The molecule has 0 radical (unpaired) electrons. The monoisotopic (exact) mass is 656 g/mol. The molecule has 1 aliphatic heterocycles. The van der Waals surface area contributed by atoms with E-state index in [0.717, 1.165) is 18.5 Å². The molecule has 2 bridgehead atoms. The van der Waals surface area contributed by atoms with Crippen LogP contribution < -0.4 is 4.74 Å². The maximum Gasteiger partial charge on any atom is 0.402 e. The molecule has 1 spiro atoms. The van der Waals surface area contributed by atoms with Crippen LogP contribution >= 0.6 is 45.2 Å². The molecule has 4 rings (SSSR count). The highest BCUT2D eigenvalue weighted by atomic mass is 127. The molecule has 1 heterocycles. The van der Waals surface area contributed by atoms with E-state index < -0.39 is 39.7 Å². The molecular formula is C17H16F2I2O7S. The van der Waals surface area contributed by atoms with E-state index in [1.54, 1.807) is 0 Å². The van der Waals surface area contributed by atoms with Crippen molar-refractivity contribution in [2.24, 2.45) is 17.8 Å². The molecule has 2 saturated carbocycles. The molecule has 3 aliphatic rings. The molecule has 12 heteroatoms. The Morgan fingerprint density at radius 1 is 1.34 bits per heavy atom. The maximum absolute atomic E-state index is 13.3. The van der Waals surface area contributed by atoms with Gasteiger partial charge in [0.1, 0.15) is 5.75 Å². The summed E-state index contributed by atoms with van der Waals surface area (Å²) in [5.41, 5.74) is 0.957. The number of ether oxygens (including phenoxy) is 3. The van der Waals surface area contributed by atoms with E-state index in [1.807, 2.05) is 12.1 Å². The molecule has 1 aromatic carbocycles. The third-order valence-electron chi connectivity index (χ3n) is 5.76. The number of rotatable bonds is 4. The number of halogens is 4. The zero-order valence-electron chi connectivity index (χ0n) is 14.7. The van der Waals surface area contributed by atoms with Crippen LogP contribution in [0.15, 0.2) is 12.1 Å². The summed E-state index contributed by atoms with van der Waals surface area (Å²) in [4.78, 5) is 12.3. The van der Waals surface area contributed by atoms with E-state index in [-0.39, 0.29) is 11.8 Å². The van der Waals surface area contributed by atoms with E-state index in [2.05, 4.69) is 49.9 Å². The van der Waals surface area contributed by atoms with Crippen molar-refractivity contribution in [3.63, 3.8) is 0 Å². The number of hydrogen-bond donors (Lipinski definition) is 1. The van der Waals surface area contributed by atoms with Gasteiger partial charge >= 0.3 is 21.3 Å². The van der Waals surface area contributed by atoms with Gasteiger partial charge in [-0.2, -0.15) is 17.2 Å². The first-order valence-electron chi connectivity index (χ1n) is 8.74. The minimum absolute atomic E-state index is 0.102. The van der Waals surface area contributed by atoms with Crippen molar-refractivity contribution in [3.05, 3.63) is 24.8 Å². The van der Waals surface area contributed by atoms with Gasteiger partial charge in [0.15, 0.2) is 6.61 Å². The van der Waals surface area contributed by atoms with Crippen molar-refractivity contribution in [2.45, 2.75) is 36.9 Å². The van der Waals surface area contributed by atoms with Crippen molar-refractivity contribution >= 4 is 61.3 Å². The molecule has 160 valence electrons. The minimum atomic E-state index is -5.64. The smallest absolute Gasteiger partial charge is 0.402 e. The molecule has 1 N–H and O–H groups in total. The Kier molecular flexibility index (Phi) is 5.57. The summed E-state index contributed by atoms with van der Waals surface area (Å²) in [5.74, 6) is -1.87. The lowest BCUT2D eigenvalue weighted by Crippen LogP contribution is -2.49. The fraction of sp³-hybridized carbons (Fsp3) is 0.588. The highest BCUT2D eigenvalue weighted by molar-refractivity contribution is 14.1. The summed E-state index contributed by atoms with van der Waals surface area (Å²) in [6.07, 6.45) is 1.40. The van der Waals surface area contributed by atoms with Crippen LogP contribution in [-0.2, 0) is 31.0 Å². The Morgan fingerprint density at radius 2 is 2.07 bits per heavy atom. The average molecular weight is 656 g/mol. The fourth-order valence-corrected chi connectivity index (χ4v) is 6.69. The third-order valence-corrected chi connectivity index (χ3v) is 8.05. The molecule has 0 aromatic heterocycles. The number of hydrogen-bond acceptors (Lipinski definition) is 6. The highest BCUT2D eigenvalue weighted by Crippen LogP contribution is 2.58. The van der Waals surface area contributed by atoms with Gasteiger partial charge < -0.3 is 14.2 Å². The van der Waals surface area contributed by atoms with Gasteiger partial charge in [-0.15, -0.1) is 0 Å². The number of alkyl halides is 2. The SMILES string of the molecule is O=C(OCC(F)(F)S(=O)(=O)O)C1CC2CC1CC21OCc2cc(I)cc(I)c2O1. The summed E-state index contributed by atoms with van der Waals surface area (Å²) in [6.45, 7) is -1.32. The predicted octanol–water partition coefficient (Wildman–Crippen LogP) is 3.57. The average Bonchev–Trinajstić information content (AvgIpc) is 3.18. The first-order valence-corrected chi connectivity index (χ1v) is 12.3. The predicted molar refractivity (Wildman–Crippen MR) is 112 cm³/mol. The summed E-state index contributed by atoms with van der Waals surface area (Å²) in [6, 6.07) is 4.00. The molecule has 0 saturated heterocycles. The lowest BCUT2D eigenvalue weighted by molar-refractivity contribution is -0.238. The van der Waals surface area contributed by atoms with Crippen LogP contribution in [0.2, 0.25) is 0 Å². The fourth-order valence-electron chi connectivity index (χ4n) is 4.41. The lowest BCUT2D eigenvalue weighted by Gasteiger charge is -2.42. The maximum atomic E-state index is 13.3. The standard InChI is InChI=1S/C17H16F2I2O7S/c18-17(19,29(23,24)25)7-26-15(22)12-3-10-1-8(12)5-16(10)27-6-9-2-11(20)4-13(21)14(9)28-16/h2,4,8,10,12H,1,3,5-7H2,(H,23,24,25). The van der Waals surface area contributed by atoms with Gasteiger partial charge in [0.05, 0.1) is 16.1 Å². The van der Waals surface area contributed by atoms with E-state index in [1.165, 1.54) is 0 Å². The summed E-state index contributed by atoms with van der Waals surface area (Å²) in [7, 11) is -5.64. The Labute approximate surface area is 192 Å². The van der Waals surface area contributed by atoms with E-state index in [0.29, 0.717) is 25.9 Å². The topological polar surface area (TPSA) is 99.1 Å². The van der Waals surface area contributed by atoms with Gasteiger partial charge in [0.2, 0.25) is 5.79 Å². The first-order chi connectivity index (χ1) is 13.4. The van der Waals surface area contributed by atoms with Crippen molar-refractivity contribution in [1.29, 1.82) is 0 Å². The summed E-state index contributed by atoms with van der Waals surface area (Å²) >= 11 is 4.43. The Balaban J connectivity index is 1.43. The van der Waals surface area contributed by atoms with Crippen LogP contribution in [0.1, 0.15) is 24.8 Å². The zero-order valence-corrected chi connectivity index (χ0v) is 19.9. The molecular weight excluding hydrogens is 640 g/mol. The normalized spacial score (nSPS) is 30.9. The van der Waals surface area contributed by atoms with Gasteiger partial charge in [-0.3, -0.25) is 9.35 Å². The zero-order chi connectivity index (χ0) is 21.2. The molecule has 7 nitrogen and oxygen atoms in total. The number of carbonyl (C=O) groups excluding carboxylic acids is 1. The number of carbonyl (C=O) groups is 1. The highest BCUT2D eigenvalue weighted by Gasteiger charge is 2.61. The largest absolute Gasteiger partial charge is 0.461 e. The Hall–Kier alpha value is -0.320. The number of esters is 1. The van der Waals surface area contributed by atoms with Crippen LogP contribution in [0.3, 0.4) is 0 Å². The molecule has 2 fully saturated rings. The van der Waals surface area contributed by atoms with Crippen molar-refractivity contribution in [2.75, 3.05) is 6.61 Å². The van der Waals surface area contributed by atoms with Crippen LogP contribution in [0.5, 0.6) is 5.75 Å². The van der Waals surface area contributed by atoms with Gasteiger partial charge in [0, 0.05) is 21.5 Å². The quantitative estimate of drug-likeness (QED) is 0.301. The van der Waals surface area contributed by atoms with Gasteiger partial charge in [-0.1, -0.05) is 0 Å². The summed E-state index contributed by atoms with van der Waals surface area (Å²) in [5, 5.41) is -4.53. The van der Waals surface area contributed by atoms with E-state index in [9.17, 15) is 22.0 Å². The molecule has 0 amide bonds. The lowest BCUT2D eigenvalue weighted by atomic mass is 9.84. The van der Waals surface area contributed by atoms with Crippen LogP contribution in [0, 0.1) is 24.9 Å². The summed E-state index contributed by atoms with van der Waals surface area (Å²) < 4.78 is 75.3. The van der Waals surface area contributed by atoms with Crippen LogP contribution in [0.25, 0.3) is 0 Å². The van der Waals surface area contributed by atoms with Gasteiger partial charge in [-0.25, -0.2) is 0 Å². The second-order valence-electron chi connectivity index (χ2n) is 7.54. The molecule has 29 heavy (non-hydrogen) atoms. The number of fused-ring (bicyclic) bond motifs is 4. The Morgan fingerprint density at radius 3 is 2.69 bits per heavy atom. The number of benzene rings is 1. The second kappa shape index (κ2) is 7.38. The minimum Gasteiger partial charge on any atom is -0.461 e. The van der Waals surface area contributed by atoms with Gasteiger partial charge in [0.25, 0.3) is 0 Å². The molecule has 4 unspecified atom stereocenters. The van der Waals surface area contributed by atoms with Gasteiger partial charge in [-0.05, 0) is 76.1 Å². The van der Waals surface area contributed by atoms with E-state index in [4.69, 9.17) is 14.0 Å². The second-order valence-corrected chi connectivity index (χ2v) is 11.5. The first kappa shape index (κ1) is 21.9. The van der Waals surface area contributed by atoms with Crippen molar-refractivity contribution in [1.82, 2.24) is 0 Å². The Bertz CT molecular complexity index is 971. The van der Waals surface area contributed by atoms with Crippen LogP contribution in [-0.4, -0.2) is 36.6 Å². The molecule has 4 atom stereocenters. The van der Waals surface area contributed by atoms with Crippen molar-refractivity contribution in [3.8, 4) is 5.75 Å². The molecule has 2 aliphatic carbocycles. The molecule has 1 aromatic rings. The van der Waals surface area contributed by atoms with Crippen molar-refractivity contribution < 1.29 is 40.8 Å².